The molecule has 0 amide bonds. The Bertz CT molecular complexity index is 670. The van der Waals surface area contributed by atoms with Gasteiger partial charge in [-0.1, -0.05) is 12.1 Å². The number of hydrogen-bond donors (Lipinski definition) is 1. The van der Waals surface area contributed by atoms with Gasteiger partial charge in [0, 0.05) is 12.0 Å². The van der Waals surface area contributed by atoms with E-state index in [2.05, 4.69) is 5.32 Å². The van der Waals surface area contributed by atoms with Crippen LogP contribution in [0.15, 0.2) is 24.3 Å². The third kappa shape index (κ3) is 4.75. The van der Waals surface area contributed by atoms with Crippen molar-refractivity contribution in [3.8, 4) is 0 Å². The second-order valence-electron chi connectivity index (χ2n) is 5.69. The molecule has 1 unspecified atom stereocenters. The highest BCUT2D eigenvalue weighted by Gasteiger charge is 2.30. The Morgan fingerprint density at radius 1 is 1.42 bits per heavy atom. The summed E-state index contributed by atoms with van der Waals surface area (Å²) >= 11 is 5.04. The predicted octanol–water partition coefficient (Wildman–Crippen LogP) is 2.23. The molecule has 1 aromatic carbocycles. The molecule has 2 atom stereocenters. The second kappa shape index (κ2) is 8.21. The standard InChI is InChI=1S/C17H18FNO4S/c1-10(20)13(9-15(21)11-4-2-5-12(18)8-11)17(24)23-16(22)14-6-3-7-19-14/h2,4-5,8,13-14,19H,3,6-7,9H2,1H3/t13?,14-/m0/s1. The van der Waals surface area contributed by atoms with E-state index in [0.29, 0.717) is 6.42 Å². The molecule has 1 aliphatic heterocycles. The van der Waals surface area contributed by atoms with Crippen molar-refractivity contribution in [2.45, 2.75) is 32.2 Å². The maximum atomic E-state index is 13.2. The summed E-state index contributed by atoms with van der Waals surface area (Å²) in [5.41, 5.74) is 0.146. The van der Waals surface area contributed by atoms with Gasteiger partial charge in [-0.05, 0) is 50.7 Å². The van der Waals surface area contributed by atoms with E-state index in [1.807, 2.05) is 0 Å². The van der Waals surface area contributed by atoms with E-state index < -0.39 is 29.5 Å². The number of benzene rings is 1. The lowest BCUT2D eigenvalue weighted by Gasteiger charge is -2.16. The van der Waals surface area contributed by atoms with Crippen LogP contribution in [-0.2, 0) is 14.3 Å². The largest absolute Gasteiger partial charge is 0.417 e. The van der Waals surface area contributed by atoms with E-state index >= 15 is 0 Å². The Morgan fingerprint density at radius 3 is 2.75 bits per heavy atom. The fourth-order valence-electron chi connectivity index (χ4n) is 2.49. The first-order valence-corrected chi connectivity index (χ1v) is 8.07. The van der Waals surface area contributed by atoms with Gasteiger partial charge >= 0.3 is 5.97 Å². The van der Waals surface area contributed by atoms with Crippen molar-refractivity contribution in [1.82, 2.24) is 5.32 Å². The molecule has 0 aromatic heterocycles. The molecule has 1 heterocycles. The highest BCUT2D eigenvalue weighted by Crippen LogP contribution is 2.17. The number of halogens is 1. The van der Waals surface area contributed by atoms with Crippen LogP contribution in [0.2, 0.25) is 0 Å². The molecule has 0 bridgehead atoms. The molecule has 1 saturated heterocycles. The quantitative estimate of drug-likeness (QED) is 0.481. The number of carbonyl (C=O) groups is 3. The van der Waals surface area contributed by atoms with Crippen LogP contribution in [0.4, 0.5) is 4.39 Å². The van der Waals surface area contributed by atoms with Gasteiger partial charge in [-0.2, -0.15) is 0 Å². The van der Waals surface area contributed by atoms with Crippen molar-refractivity contribution >= 4 is 34.8 Å². The average molecular weight is 351 g/mol. The number of Topliss-reactive ketones (excluding diaryl/α,β-unsaturated/α-hetero) is 2. The molecule has 1 fully saturated rings. The van der Waals surface area contributed by atoms with Gasteiger partial charge in [0.2, 0.25) is 0 Å². The number of nitrogens with one attached hydrogen (secondary N) is 1. The fraction of sp³-hybridized carbons (Fsp3) is 0.412. The van der Waals surface area contributed by atoms with Crippen LogP contribution >= 0.6 is 12.2 Å². The molecule has 128 valence electrons. The van der Waals surface area contributed by atoms with E-state index in [9.17, 15) is 18.8 Å². The highest BCUT2D eigenvalue weighted by molar-refractivity contribution is 7.80. The Balaban J connectivity index is 2.02. The zero-order valence-corrected chi connectivity index (χ0v) is 14.0. The number of thiocarbonyl (C=S) groups is 1. The van der Waals surface area contributed by atoms with Crippen molar-refractivity contribution in [3.63, 3.8) is 0 Å². The van der Waals surface area contributed by atoms with E-state index in [-0.39, 0.29) is 22.8 Å². The van der Waals surface area contributed by atoms with Crippen LogP contribution in [-0.4, -0.2) is 35.2 Å². The lowest BCUT2D eigenvalue weighted by atomic mass is 9.95. The van der Waals surface area contributed by atoms with Gasteiger partial charge in [-0.15, -0.1) is 0 Å². The summed E-state index contributed by atoms with van der Waals surface area (Å²) in [5.74, 6) is -2.91. The lowest BCUT2D eigenvalue weighted by Crippen LogP contribution is -2.36. The Labute approximate surface area is 144 Å². The van der Waals surface area contributed by atoms with Gasteiger partial charge in [0.1, 0.15) is 17.6 Å². The summed E-state index contributed by atoms with van der Waals surface area (Å²) in [5, 5.41) is 2.76. The molecule has 0 saturated carbocycles. The fourth-order valence-corrected chi connectivity index (χ4v) is 2.82. The molecule has 1 aromatic rings. The second-order valence-corrected chi connectivity index (χ2v) is 6.09. The van der Waals surface area contributed by atoms with Crippen LogP contribution < -0.4 is 5.32 Å². The number of rotatable bonds is 6. The molecule has 0 aliphatic carbocycles. The number of esters is 1. The van der Waals surface area contributed by atoms with Gasteiger partial charge in [0.25, 0.3) is 0 Å². The molecule has 1 aliphatic rings. The first-order chi connectivity index (χ1) is 11.4. The van der Waals surface area contributed by atoms with Crippen LogP contribution in [0.5, 0.6) is 0 Å². The average Bonchev–Trinajstić information content (AvgIpc) is 3.06. The van der Waals surface area contributed by atoms with Crippen molar-refractivity contribution in [2.75, 3.05) is 6.54 Å². The predicted molar refractivity (Wildman–Crippen MR) is 89.2 cm³/mol. The van der Waals surface area contributed by atoms with Crippen molar-refractivity contribution in [3.05, 3.63) is 35.6 Å². The number of ketones is 2. The smallest absolute Gasteiger partial charge is 0.329 e. The molecule has 24 heavy (non-hydrogen) atoms. The summed E-state index contributed by atoms with van der Waals surface area (Å²) in [6.45, 7) is 2.00. The molecular formula is C17H18FNO4S. The minimum absolute atomic E-state index is 0.146. The lowest BCUT2D eigenvalue weighted by molar-refractivity contribution is -0.137. The van der Waals surface area contributed by atoms with Crippen LogP contribution in [0.3, 0.4) is 0 Å². The van der Waals surface area contributed by atoms with Crippen molar-refractivity contribution in [2.24, 2.45) is 5.92 Å². The molecule has 1 N–H and O–H groups in total. The zero-order valence-electron chi connectivity index (χ0n) is 13.2. The van der Waals surface area contributed by atoms with Crippen LogP contribution in [0.25, 0.3) is 0 Å². The monoisotopic (exact) mass is 351 g/mol. The summed E-state index contributed by atoms with van der Waals surface area (Å²) in [6, 6.07) is 4.75. The first kappa shape index (κ1) is 18.4. The number of hydrogen-bond acceptors (Lipinski definition) is 6. The van der Waals surface area contributed by atoms with Crippen LogP contribution in [0, 0.1) is 11.7 Å². The Morgan fingerprint density at radius 2 is 2.17 bits per heavy atom. The SMILES string of the molecule is CC(=O)C(CC(=O)c1cccc(F)c1)C(=S)OC(=O)[C@@H]1CCCN1. The summed E-state index contributed by atoms with van der Waals surface area (Å²) < 4.78 is 18.3. The summed E-state index contributed by atoms with van der Waals surface area (Å²) in [6.07, 6.45) is 1.25. The van der Waals surface area contributed by atoms with Gasteiger partial charge in [-0.3, -0.25) is 9.59 Å². The topological polar surface area (TPSA) is 72.5 Å². The van der Waals surface area contributed by atoms with Gasteiger partial charge in [0.05, 0.1) is 5.92 Å². The molecule has 5 nitrogen and oxygen atoms in total. The van der Waals surface area contributed by atoms with Gasteiger partial charge in [0.15, 0.2) is 10.8 Å². The van der Waals surface area contributed by atoms with E-state index in [0.717, 1.165) is 19.0 Å². The van der Waals surface area contributed by atoms with Crippen molar-refractivity contribution < 1.29 is 23.5 Å². The van der Waals surface area contributed by atoms with E-state index in [1.165, 1.54) is 25.1 Å². The molecular weight excluding hydrogens is 333 g/mol. The third-order valence-corrected chi connectivity index (χ3v) is 4.23. The van der Waals surface area contributed by atoms with Crippen LogP contribution in [0.1, 0.15) is 36.5 Å². The maximum absolute atomic E-state index is 13.2. The Hall–Kier alpha value is -1.99. The third-order valence-electron chi connectivity index (χ3n) is 3.86. The van der Waals surface area contributed by atoms with E-state index in [4.69, 9.17) is 17.0 Å². The Kier molecular flexibility index (Phi) is 6.28. The molecule has 0 radical (unpaired) electrons. The zero-order chi connectivity index (χ0) is 17.7. The highest BCUT2D eigenvalue weighted by atomic mass is 32.1. The maximum Gasteiger partial charge on any atom is 0.329 e. The first-order valence-electron chi connectivity index (χ1n) is 7.66. The minimum atomic E-state index is -1.01. The van der Waals surface area contributed by atoms with Gasteiger partial charge < -0.3 is 10.1 Å². The molecule has 7 heteroatoms. The van der Waals surface area contributed by atoms with Crippen molar-refractivity contribution in [1.29, 1.82) is 0 Å². The number of carbonyl (C=O) groups excluding carboxylic acids is 3. The number of ether oxygens (including phenoxy) is 1. The molecule has 2 rings (SSSR count). The van der Waals surface area contributed by atoms with E-state index in [1.54, 1.807) is 0 Å². The van der Waals surface area contributed by atoms with Gasteiger partial charge in [-0.25, -0.2) is 9.18 Å². The summed E-state index contributed by atoms with van der Waals surface area (Å²) in [4.78, 5) is 36.0. The molecule has 0 spiro atoms. The normalized spacial score (nSPS) is 18.0. The summed E-state index contributed by atoms with van der Waals surface area (Å²) in [7, 11) is 0. The minimum Gasteiger partial charge on any atom is -0.417 e.